The fourth-order valence-corrected chi connectivity index (χ4v) is 4.69. The fraction of sp³-hybridized carbons (Fsp3) is 0.357. The summed E-state index contributed by atoms with van der Waals surface area (Å²) in [4.78, 5) is 0. The van der Waals surface area contributed by atoms with Gasteiger partial charge >= 0.3 is 0 Å². The molecule has 1 atom stereocenters. The summed E-state index contributed by atoms with van der Waals surface area (Å²) in [5, 5.41) is 10.9. The second-order valence-corrected chi connectivity index (χ2v) is 9.15. The Morgan fingerprint density at radius 3 is 2.06 bits per heavy atom. The predicted octanol–water partition coefficient (Wildman–Crippen LogP) is 5.54. The van der Waals surface area contributed by atoms with E-state index in [0.717, 1.165) is 42.3 Å². The lowest BCUT2D eigenvalue weighted by molar-refractivity contribution is -0.948. The number of aliphatic hydroxyl groups is 1. The van der Waals surface area contributed by atoms with Gasteiger partial charge in [0.25, 0.3) is 0 Å². The van der Waals surface area contributed by atoms with Gasteiger partial charge in [-0.2, -0.15) is 0 Å². The smallest absolute Gasteiger partial charge is 0.137 e. The molecule has 0 amide bonds. The monoisotopic (exact) mass is 416 g/mol. The minimum absolute atomic E-state index is 0.328. The van der Waals surface area contributed by atoms with Crippen molar-refractivity contribution in [2.75, 3.05) is 26.2 Å². The molecule has 1 saturated heterocycles. The fourth-order valence-electron chi connectivity index (χ4n) is 4.69. The third kappa shape index (κ3) is 5.96. The highest BCUT2D eigenvalue weighted by Gasteiger charge is 2.35. The molecule has 0 spiro atoms. The van der Waals surface area contributed by atoms with E-state index in [9.17, 15) is 5.11 Å². The lowest BCUT2D eigenvalue weighted by atomic mass is 9.95. The van der Waals surface area contributed by atoms with Crippen molar-refractivity contribution in [3.8, 4) is 16.9 Å². The Hall–Kier alpha value is -2.62. The van der Waals surface area contributed by atoms with E-state index in [1.807, 2.05) is 30.3 Å². The molecule has 0 aliphatic carbocycles. The summed E-state index contributed by atoms with van der Waals surface area (Å²) in [7, 11) is 0. The Morgan fingerprint density at radius 1 is 0.839 bits per heavy atom. The zero-order chi connectivity index (χ0) is 21.5. The summed E-state index contributed by atoms with van der Waals surface area (Å²) < 4.78 is 6.91. The van der Waals surface area contributed by atoms with Gasteiger partial charge in [0.1, 0.15) is 31.5 Å². The minimum atomic E-state index is -0.481. The van der Waals surface area contributed by atoms with Crippen LogP contribution in [-0.4, -0.2) is 41.9 Å². The number of hydrogen-bond acceptors (Lipinski definition) is 2. The van der Waals surface area contributed by atoms with E-state index in [1.165, 1.54) is 29.5 Å². The number of nitrogens with zero attached hydrogens (tertiary/aromatic N) is 1. The van der Waals surface area contributed by atoms with Crippen LogP contribution in [0.1, 0.15) is 25.3 Å². The van der Waals surface area contributed by atoms with E-state index in [4.69, 9.17) is 4.74 Å². The highest BCUT2D eigenvalue weighted by atomic mass is 16.5. The van der Waals surface area contributed by atoms with Crippen molar-refractivity contribution in [3.05, 3.63) is 90.5 Å². The average molecular weight is 417 g/mol. The number of benzene rings is 3. The predicted molar refractivity (Wildman–Crippen MR) is 127 cm³/mol. The number of quaternary nitrogens is 1. The molecule has 1 aliphatic heterocycles. The van der Waals surface area contributed by atoms with Crippen LogP contribution in [-0.2, 0) is 6.54 Å². The molecule has 3 nitrogen and oxygen atoms in total. The molecular weight excluding hydrogens is 382 g/mol. The molecule has 162 valence electrons. The first-order valence-corrected chi connectivity index (χ1v) is 11.5. The van der Waals surface area contributed by atoms with E-state index in [2.05, 4.69) is 61.5 Å². The van der Waals surface area contributed by atoms with Crippen molar-refractivity contribution in [3.63, 3.8) is 0 Å². The summed E-state index contributed by atoms with van der Waals surface area (Å²) in [6.45, 7) is 6.64. The van der Waals surface area contributed by atoms with Gasteiger partial charge in [0.05, 0.1) is 13.1 Å². The largest absolute Gasteiger partial charge is 0.491 e. The molecule has 3 aromatic rings. The van der Waals surface area contributed by atoms with Crippen molar-refractivity contribution in [1.29, 1.82) is 0 Å². The molecule has 1 heterocycles. The van der Waals surface area contributed by atoms with Crippen LogP contribution in [0.15, 0.2) is 84.9 Å². The summed E-state index contributed by atoms with van der Waals surface area (Å²) in [5.74, 6) is 1.58. The third-order valence-corrected chi connectivity index (χ3v) is 6.56. The molecule has 3 aromatic carbocycles. The Labute approximate surface area is 186 Å². The maximum atomic E-state index is 10.9. The number of likely N-dealkylation sites (tertiary alicyclic amines) is 1. The zero-order valence-electron chi connectivity index (χ0n) is 18.5. The van der Waals surface area contributed by atoms with Crippen molar-refractivity contribution >= 4 is 0 Å². The van der Waals surface area contributed by atoms with Crippen LogP contribution in [0, 0.1) is 5.92 Å². The van der Waals surface area contributed by atoms with Gasteiger partial charge in [-0.3, -0.25) is 0 Å². The highest BCUT2D eigenvalue weighted by molar-refractivity contribution is 5.63. The van der Waals surface area contributed by atoms with Gasteiger partial charge < -0.3 is 14.3 Å². The Bertz CT molecular complexity index is 916. The SMILES string of the molecule is CC1CC[N+](Cc2ccccc2)(C[C@@H](O)COc2ccc(-c3ccccc3)cc2)CC1. The van der Waals surface area contributed by atoms with Crippen molar-refractivity contribution in [2.45, 2.75) is 32.4 Å². The van der Waals surface area contributed by atoms with E-state index in [-0.39, 0.29) is 0 Å². The summed E-state index contributed by atoms with van der Waals surface area (Å²) in [5.41, 5.74) is 3.71. The van der Waals surface area contributed by atoms with Crippen LogP contribution in [0.3, 0.4) is 0 Å². The number of ether oxygens (including phenoxy) is 1. The quantitative estimate of drug-likeness (QED) is 0.489. The summed E-state index contributed by atoms with van der Waals surface area (Å²) in [6, 6.07) is 29.2. The number of piperidine rings is 1. The minimum Gasteiger partial charge on any atom is -0.491 e. The highest BCUT2D eigenvalue weighted by Crippen LogP contribution is 2.27. The molecule has 3 heteroatoms. The number of aliphatic hydroxyl groups excluding tert-OH is 1. The number of hydrogen-bond donors (Lipinski definition) is 1. The van der Waals surface area contributed by atoms with Crippen LogP contribution in [0.4, 0.5) is 0 Å². The molecule has 0 unspecified atom stereocenters. The van der Waals surface area contributed by atoms with Crippen molar-refractivity contribution < 1.29 is 14.3 Å². The molecular formula is C28H34NO2+. The average Bonchev–Trinajstić information content (AvgIpc) is 2.81. The third-order valence-electron chi connectivity index (χ3n) is 6.56. The Morgan fingerprint density at radius 2 is 1.42 bits per heavy atom. The second-order valence-electron chi connectivity index (χ2n) is 9.15. The van der Waals surface area contributed by atoms with E-state index < -0.39 is 6.10 Å². The molecule has 31 heavy (non-hydrogen) atoms. The van der Waals surface area contributed by atoms with Gasteiger partial charge in [-0.05, 0) is 42.0 Å². The van der Waals surface area contributed by atoms with Gasteiger partial charge in [0.15, 0.2) is 0 Å². The first kappa shape index (κ1) is 21.6. The van der Waals surface area contributed by atoms with Crippen LogP contribution in [0.25, 0.3) is 11.1 Å². The molecule has 1 aliphatic rings. The van der Waals surface area contributed by atoms with Gasteiger partial charge in [-0.25, -0.2) is 0 Å². The molecule has 0 aromatic heterocycles. The van der Waals surface area contributed by atoms with Crippen LogP contribution in [0.5, 0.6) is 5.75 Å². The van der Waals surface area contributed by atoms with Crippen molar-refractivity contribution in [2.24, 2.45) is 5.92 Å². The maximum absolute atomic E-state index is 10.9. The first-order valence-electron chi connectivity index (χ1n) is 11.5. The Balaban J connectivity index is 1.36. The van der Waals surface area contributed by atoms with Crippen LogP contribution < -0.4 is 4.74 Å². The summed E-state index contributed by atoms with van der Waals surface area (Å²) >= 11 is 0. The standard InChI is InChI=1S/C28H34NO2/c1-23-16-18-29(19-17-23,20-24-8-4-2-5-9-24)21-27(30)22-31-28-14-12-26(13-15-28)25-10-6-3-7-11-25/h2-15,23,27,30H,16-22H2,1H3/q+1/t23?,27-,29?/m1/s1. The zero-order valence-corrected chi connectivity index (χ0v) is 18.5. The topological polar surface area (TPSA) is 29.5 Å². The van der Waals surface area contributed by atoms with E-state index in [1.54, 1.807) is 0 Å². The second kappa shape index (κ2) is 10.1. The lowest BCUT2D eigenvalue weighted by Crippen LogP contribution is -2.56. The molecule has 1 fully saturated rings. The van der Waals surface area contributed by atoms with Gasteiger partial charge in [0, 0.05) is 5.56 Å². The normalized spacial score (nSPS) is 22.1. The molecule has 0 saturated carbocycles. The van der Waals surface area contributed by atoms with Gasteiger partial charge in [-0.15, -0.1) is 0 Å². The molecule has 4 rings (SSSR count). The summed E-state index contributed by atoms with van der Waals surface area (Å²) in [6.07, 6.45) is 1.97. The first-order chi connectivity index (χ1) is 15.1. The van der Waals surface area contributed by atoms with Gasteiger partial charge in [-0.1, -0.05) is 79.7 Å². The van der Waals surface area contributed by atoms with Gasteiger partial charge in [0.2, 0.25) is 0 Å². The van der Waals surface area contributed by atoms with E-state index >= 15 is 0 Å². The molecule has 0 bridgehead atoms. The molecule has 1 N–H and O–H groups in total. The molecule has 0 radical (unpaired) electrons. The van der Waals surface area contributed by atoms with Crippen LogP contribution in [0.2, 0.25) is 0 Å². The Kier molecular flexibility index (Phi) is 7.06. The van der Waals surface area contributed by atoms with Crippen molar-refractivity contribution in [1.82, 2.24) is 0 Å². The van der Waals surface area contributed by atoms with E-state index in [0.29, 0.717) is 6.61 Å². The maximum Gasteiger partial charge on any atom is 0.137 e. The lowest BCUT2D eigenvalue weighted by Gasteiger charge is -2.44. The van der Waals surface area contributed by atoms with Crippen LogP contribution >= 0.6 is 0 Å². The number of rotatable bonds is 8.